The minimum absolute atomic E-state index is 0. The van der Waals surface area contributed by atoms with Crippen molar-refractivity contribution < 1.29 is 21.8 Å². The third kappa shape index (κ3) is 5.21. The number of rotatable bonds is 5. The second-order valence-electron chi connectivity index (χ2n) is 4.48. The lowest BCUT2D eigenvalue weighted by molar-refractivity contribution is -0.694. The molecular weight excluding hydrogens is 355 g/mol. The number of nitrogens with one attached hydrogen (secondary N) is 1. The van der Waals surface area contributed by atoms with Crippen LogP contribution in [0.25, 0.3) is 0 Å². The second-order valence-corrected chi connectivity index (χ2v) is 4.84. The summed E-state index contributed by atoms with van der Waals surface area (Å²) in [6, 6.07) is 5.78. The summed E-state index contributed by atoms with van der Waals surface area (Å²) in [6.45, 7) is 1.23. The highest BCUT2D eigenvalue weighted by atomic mass is 35.5. The molecule has 0 bridgehead atoms. The second kappa shape index (κ2) is 8.85. The SMILES string of the molecule is NC(N)=NC(=O)c1nc(Cl)c(NCC[n+]2ccccc2)nc1N.[Cl-]. The molecule has 2 rings (SSSR count). The van der Waals surface area contributed by atoms with E-state index in [1.165, 1.54) is 0 Å². The largest absolute Gasteiger partial charge is 1.00 e. The van der Waals surface area contributed by atoms with Gasteiger partial charge >= 0.3 is 5.91 Å². The predicted octanol–water partition coefficient (Wildman–Crippen LogP) is -3.47. The van der Waals surface area contributed by atoms with Gasteiger partial charge in [-0.05, 0) is 0 Å². The third-order valence-corrected chi connectivity index (χ3v) is 3.02. The van der Waals surface area contributed by atoms with E-state index in [0.717, 1.165) is 0 Å². The molecule has 0 atom stereocenters. The van der Waals surface area contributed by atoms with Gasteiger partial charge in [0.15, 0.2) is 47.4 Å². The molecule has 2 aromatic rings. The van der Waals surface area contributed by atoms with Gasteiger partial charge in [0.1, 0.15) is 0 Å². The van der Waals surface area contributed by atoms with Crippen molar-refractivity contribution in [2.75, 3.05) is 17.6 Å². The normalized spacial score (nSPS) is 9.71. The van der Waals surface area contributed by atoms with E-state index in [4.69, 9.17) is 28.8 Å². The average molecular weight is 371 g/mol. The van der Waals surface area contributed by atoms with Crippen molar-refractivity contribution in [1.82, 2.24) is 9.97 Å². The molecule has 2 heterocycles. The number of nitrogen functional groups attached to an aromatic ring is 1. The zero-order valence-electron chi connectivity index (χ0n) is 12.5. The maximum Gasteiger partial charge on any atom is 0.302 e. The summed E-state index contributed by atoms with van der Waals surface area (Å²) < 4.78 is 1.98. The van der Waals surface area contributed by atoms with Gasteiger partial charge in [-0.1, -0.05) is 17.7 Å². The van der Waals surface area contributed by atoms with Gasteiger partial charge in [0, 0.05) is 12.1 Å². The van der Waals surface area contributed by atoms with Crippen molar-refractivity contribution in [3.05, 3.63) is 41.4 Å². The summed E-state index contributed by atoms with van der Waals surface area (Å²) in [5.74, 6) is -1.03. The van der Waals surface area contributed by atoms with Crippen LogP contribution in [0.2, 0.25) is 5.15 Å². The van der Waals surface area contributed by atoms with E-state index in [2.05, 4.69) is 20.3 Å². The van der Waals surface area contributed by atoms with E-state index in [9.17, 15) is 4.79 Å². The zero-order chi connectivity index (χ0) is 16.8. The fourth-order valence-corrected chi connectivity index (χ4v) is 1.95. The molecule has 7 N–H and O–H groups in total. The Morgan fingerprint density at radius 2 is 1.92 bits per heavy atom. The van der Waals surface area contributed by atoms with Crippen LogP contribution in [0.3, 0.4) is 0 Å². The standard InChI is InChI=1S/C13H15ClN8O.ClH/c14-9-11(18-4-7-22-5-2-1-3-6-22)20-10(15)8(19-9)12(23)21-13(16)17;/h1-3,5-6H,4,7H2,(H6-,15,16,17,18,20,21,23);1H. The third-order valence-electron chi connectivity index (χ3n) is 2.75. The molecule has 0 saturated heterocycles. The Morgan fingerprint density at radius 3 is 2.54 bits per heavy atom. The summed E-state index contributed by atoms with van der Waals surface area (Å²) in [7, 11) is 0. The van der Waals surface area contributed by atoms with E-state index in [1.54, 1.807) is 0 Å². The summed E-state index contributed by atoms with van der Waals surface area (Å²) in [4.78, 5) is 23.0. The van der Waals surface area contributed by atoms with Crippen molar-refractivity contribution in [3.63, 3.8) is 0 Å². The fraction of sp³-hybridized carbons (Fsp3) is 0.154. The number of aromatic nitrogens is 3. The Morgan fingerprint density at radius 1 is 1.25 bits per heavy atom. The number of halogens is 2. The van der Waals surface area contributed by atoms with E-state index in [1.807, 2.05) is 35.2 Å². The van der Waals surface area contributed by atoms with Crippen LogP contribution in [0, 0.1) is 0 Å². The highest BCUT2D eigenvalue weighted by molar-refractivity contribution is 6.32. The van der Waals surface area contributed by atoms with Crippen LogP contribution >= 0.6 is 11.6 Å². The van der Waals surface area contributed by atoms with Gasteiger partial charge in [-0.2, -0.15) is 4.99 Å². The molecule has 0 aromatic carbocycles. The Labute approximate surface area is 149 Å². The van der Waals surface area contributed by atoms with Gasteiger partial charge in [-0.25, -0.2) is 14.5 Å². The van der Waals surface area contributed by atoms with Crippen LogP contribution in [-0.2, 0) is 6.54 Å². The first-order valence-electron chi connectivity index (χ1n) is 6.62. The fourth-order valence-electron chi connectivity index (χ4n) is 1.75. The maximum atomic E-state index is 11.7. The summed E-state index contributed by atoms with van der Waals surface area (Å²) in [5.41, 5.74) is 15.8. The molecule has 0 aliphatic carbocycles. The number of guanidine groups is 1. The Balaban J connectivity index is 0.00000288. The highest BCUT2D eigenvalue weighted by Crippen LogP contribution is 2.20. The topological polar surface area (TPSA) is 149 Å². The number of hydrogen-bond donors (Lipinski definition) is 4. The van der Waals surface area contributed by atoms with E-state index in [-0.39, 0.29) is 34.9 Å². The van der Waals surface area contributed by atoms with Crippen LogP contribution in [0.1, 0.15) is 10.5 Å². The molecule has 0 fully saturated rings. The lowest BCUT2D eigenvalue weighted by atomic mass is 10.4. The van der Waals surface area contributed by atoms with Crippen LogP contribution in [0.5, 0.6) is 0 Å². The molecule has 128 valence electrons. The van der Waals surface area contributed by atoms with Gasteiger partial charge in [0.05, 0.1) is 6.54 Å². The quantitative estimate of drug-likeness (QED) is 0.242. The predicted molar refractivity (Wildman–Crippen MR) is 86.7 cm³/mol. The Bertz CT molecular complexity index is 734. The molecule has 0 radical (unpaired) electrons. The van der Waals surface area contributed by atoms with Gasteiger partial charge in [-0.3, -0.25) is 4.79 Å². The molecule has 24 heavy (non-hydrogen) atoms. The van der Waals surface area contributed by atoms with Gasteiger partial charge in [-0.15, -0.1) is 0 Å². The van der Waals surface area contributed by atoms with Gasteiger partial charge < -0.3 is 34.9 Å². The van der Waals surface area contributed by atoms with Gasteiger partial charge in [0.2, 0.25) is 0 Å². The zero-order valence-corrected chi connectivity index (χ0v) is 14.0. The van der Waals surface area contributed by atoms with Crippen LogP contribution in [-0.4, -0.2) is 28.4 Å². The molecule has 0 spiro atoms. The molecule has 9 nitrogen and oxygen atoms in total. The van der Waals surface area contributed by atoms with Crippen LogP contribution in [0.4, 0.5) is 11.6 Å². The number of nitrogens with two attached hydrogens (primary N) is 3. The number of carbonyl (C=O) groups is 1. The number of pyridine rings is 1. The Hall–Kier alpha value is -2.65. The maximum absolute atomic E-state index is 11.7. The van der Waals surface area contributed by atoms with E-state index >= 15 is 0 Å². The Kier molecular flexibility index (Phi) is 7.15. The van der Waals surface area contributed by atoms with Crippen LogP contribution in [0.15, 0.2) is 35.6 Å². The van der Waals surface area contributed by atoms with Crippen LogP contribution < -0.4 is 39.5 Å². The molecule has 0 unspecified atom stereocenters. The minimum atomic E-state index is -0.803. The highest BCUT2D eigenvalue weighted by Gasteiger charge is 2.16. The molecular formula is C13H16Cl2N8O. The number of nitrogens with zero attached hydrogens (tertiary/aromatic N) is 4. The number of carbonyl (C=O) groups excluding carboxylic acids is 1. The van der Waals surface area contributed by atoms with Crippen molar-refractivity contribution >= 4 is 35.1 Å². The summed E-state index contributed by atoms with van der Waals surface area (Å²) >= 11 is 6.00. The monoisotopic (exact) mass is 370 g/mol. The van der Waals surface area contributed by atoms with E-state index < -0.39 is 11.9 Å². The first-order chi connectivity index (χ1) is 11.0. The summed E-state index contributed by atoms with van der Waals surface area (Å²) in [6.07, 6.45) is 3.86. The van der Waals surface area contributed by atoms with E-state index in [0.29, 0.717) is 13.1 Å². The lowest BCUT2D eigenvalue weighted by Gasteiger charge is -2.08. The first kappa shape index (κ1) is 19.4. The first-order valence-corrected chi connectivity index (χ1v) is 7.00. The smallest absolute Gasteiger partial charge is 0.302 e. The molecule has 0 saturated carbocycles. The number of hydrogen-bond acceptors (Lipinski definition) is 5. The van der Waals surface area contributed by atoms with Crippen molar-refractivity contribution in [1.29, 1.82) is 0 Å². The molecule has 11 heteroatoms. The number of anilines is 2. The average Bonchev–Trinajstić information content (AvgIpc) is 2.50. The van der Waals surface area contributed by atoms with Crippen molar-refractivity contribution in [2.24, 2.45) is 16.5 Å². The van der Waals surface area contributed by atoms with Gasteiger partial charge in [0.25, 0.3) is 0 Å². The molecule has 2 aromatic heterocycles. The number of amides is 1. The van der Waals surface area contributed by atoms with Crippen molar-refractivity contribution in [2.45, 2.75) is 6.54 Å². The van der Waals surface area contributed by atoms with Crippen molar-refractivity contribution in [3.8, 4) is 0 Å². The summed E-state index contributed by atoms with van der Waals surface area (Å²) in [5, 5.41) is 3.01. The molecule has 0 aliphatic rings. The minimum Gasteiger partial charge on any atom is -1.00 e. The number of aliphatic imine (C=N–C) groups is 1. The lowest BCUT2D eigenvalue weighted by Crippen LogP contribution is -3.00. The molecule has 0 aliphatic heterocycles. The molecule has 1 amide bonds.